The third kappa shape index (κ3) is 5.92. The molecule has 0 aliphatic carbocycles. The van der Waals surface area contributed by atoms with E-state index in [9.17, 15) is 4.79 Å². The standard InChI is InChI=1S/C36H35ClN4O3/c1-6-11-32-39-33-27(37)20-25(34-38-28-13-8-9-14-29(28)40(34)5)21-30(33)41(32)22-23-16-18-24(19-17-23)26-12-7-10-15-31(26)43-35(42)44-36(2,3)4/h7-10,12-21H,6,11,22H2,1-5H3. The van der Waals surface area contributed by atoms with Crippen LogP contribution in [0.2, 0.25) is 5.02 Å². The molecule has 0 amide bonds. The Morgan fingerprint density at radius 2 is 1.61 bits per heavy atom. The summed E-state index contributed by atoms with van der Waals surface area (Å²) in [6.45, 7) is 8.21. The van der Waals surface area contributed by atoms with E-state index >= 15 is 0 Å². The maximum atomic E-state index is 12.4. The minimum atomic E-state index is -0.728. The molecule has 2 heterocycles. The number of aryl methyl sites for hydroxylation is 2. The van der Waals surface area contributed by atoms with Crippen molar-refractivity contribution < 1.29 is 14.3 Å². The molecule has 0 atom stereocenters. The maximum Gasteiger partial charge on any atom is 0.514 e. The van der Waals surface area contributed by atoms with Crippen molar-refractivity contribution in [3.8, 4) is 28.3 Å². The average molecular weight is 607 g/mol. The van der Waals surface area contributed by atoms with Gasteiger partial charge in [0.25, 0.3) is 0 Å². The fourth-order valence-electron chi connectivity index (χ4n) is 5.48. The predicted octanol–water partition coefficient (Wildman–Crippen LogP) is 9.23. The number of hydrogen-bond donors (Lipinski definition) is 0. The third-order valence-corrected chi connectivity index (χ3v) is 7.77. The summed E-state index contributed by atoms with van der Waals surface area (Å²) >= 11 is 6.87. The SMILES string of the molecule is CCCc1nc2c(Cl)cc(-c3nc4ccccc4n3C)cc2n1Cc1ccc(-c2ccccc2OC(=O)OC(C)(C)C)cc1. The lowest BCUT2D eigenvalue weighted by Crippen LogP contribution is -2.26. The molecule has 6 rings (SSSR count). The first-order valence-electron chi connectivity index (χ1n) is 14.8. The van der Waals surface area contributed by atoms with Crippen LogP contribution in [0.4, 0.5) is 4.79 Å². The zero-order chi connectivity index (χ0) is 31.0. The van der Waals surface area contributed by atoms with Crippen molar-refractivity contribution in [3.05, 3.63) is 101 Å². The summed E-state index contributed by atoms with van der Waals surface area (Å²) in [6, 6.07) is 28.0. The van der Waals surface area contributed by atoms with Gasteiger partial charge < -0.3 is 18.6 Å². The largest absolute Gasteiger partial charge is 0.514 e. The summed E-state index contributed by atoms with van der Waals surface area (Å²) in [5.41, 5.74) is 6.94. The van der Waals surface area contributed by atoms with Gasteiger partial charge in [0.2, 0.25) is 0 Å². The Labute approximate surface area is 262 Å². The van der Waals surface area contributed by atoms with Crippen LogP contribution in [0.15, 0.2) is 84.9 Å². The molecule has 2 aromatic heterocycles. The quantitative estimate of drug-likeness (QED) is 0.134. The number of hydrogen-bond acceptors (Lipinski definition) is 5. The van der Waals surface area contributed by atoms with E-state index in [0.29, 0.717) is 17.3 Å². The number of para-hydroxylation sites is 3. The smallest absolute Gasteiger partial charge is 0.428 e. The summed E-state index contributed by atoms with van der Waals surface area (Å²) in [5.74, 6) is 2.30. The van der Waals surface area contributed by atoms with E-state index in [1.165, 1.54) is 0 Å². The van der Waals surface area contributed by atoms with Crippen LogP contribution in [0.3, 0.4) is 0 Å². The summed E-state index contributed by atoms with van der Waals surface area (Å²) in [7, 11) is 2.03. The first-order valence-corrected chi connectivity index (χ1v) is 15.2. The zero-order valence-corrected chi connectivity index (χ0v) is 26.4. The van der Waals surface area contributed by atoms with Crippen LogP contribution < -0.4 is 4.74 Å². The molecule has 224 valence electrons. The van der Waals surface area contributed by atoms with Crippen LogP contribution in [0.1, 0.15) is 45.5 Å². The van der Waals surface area contributed by atoms with Gasteiger partial charge in [-0.1, -0.05) is 73.1 Å². The molecule has 0 saturated carbocycles. The maximum absolute atomic E-state index is 12.4. The van der Waals surface area contributed by atoms with Crippen LogP contribution in [0.5, 0.6) is 5.75 Å². The van der Waals surface area contributed by atoms with Gasteiger partial charge in [-0.15, -0.1) is 0 Å². The highest BCUT2D eigenvalue weighted by Crippen LogP contribution is 2.34. The second-order valence-corrected chi connectivity index (χ2v) is 12.3. The van der Waals surface area contributed by atoms with Gasteiger partial charge >= 0.3 is 6.16 Å². The van der Waals surface area contributed by atoms with Crippen molar-refractivity contribution in [2.24, 2.45) is 7.05 Å². The zero-order valence-electron chi connectivity index (χ0n) is 25.6. The molecule has 44 heavy (non-hydrogen) atoms. The van der Waals surface area contributed by atoms with Crippen molar-refractivity contribution in [2.45, 2.75) is 52.7 Å². The number of aromatic nitrogens is 4. The van der Waals surface area contributed by atoms with Crippen molar-refractivity contribution in [2.75, 3.05) is 0 Å². The highest BCUT2D eigenvalue weighted by atomic mass is 35.5. The highest BCUT2D eigenvalue weighted by molar-refractivity contribution is 6.35. The van der Waals surface area contributed by atoms with Gasteiger partial charge in [0, 0.05) is 31.1 Å². The van der Waals surface area contributed by atoms with Crippen LogP contribution in [0, 0.1) is 0 Å². The Morgan fingerprint density at radius 1 is 0.886 bits per heavy atom. The molecule has 7 nitrogen and oxygen atoms in total. The molecular formula is C36H35ClN4O3. The molecule has 0 radical (unpaired) electrons. The number of carbonyl (C=O) groups excluding carboxylic acids is 1. The molecule has 0 unspecified atom stereocenters. The minimum absolute atomic E-state index is 0.449. The van der Waals surface area contributed by atoms with Gasteiger partial charge in [0.1, 0.15) is 28.5 Å². The summed E-state index contributed by atoms with van der Waals surface area (Å²) in [4.78, 5) is 22.2. The molecule has 8 heteroatoms. The number of carbonyl (C=O) groups is 1. The molecular weight excluding hydrogens is 572 g/mol. The van der Waals surface area contributed by atoms with E-state index in [1.54, 1.807) is 6.07 Å². The van der Waals surface area contributed by atoms with E-state index in [1.807, 2.05) is 82.4 Å². The predicted molar refractivity (Wildman–Crippen MR) is 176 cm³/mol. The average Bonchev–Trinajstić information content (AvgIpc) is 3.50. The van der Waals surface area contributed by atoms with Crippen molar-refractivity contribution >= 4 is 39.8 Å². The van der Waals surface area contributed by atoms with Crippen LogP contribution >= 0.6 is 11.6 Å². The van der Waals surface area contributed by atoms with E-state index < -0.39 is 11.8 Å². The Balaban J connectivity index is 1.34. The fraction of sp³-hybridized carbons (Fsp3) is 0.250. The fourth-order valence-corrected chi connectivity index (χ4v) is 5.74. The third-order valence-electron chi connectivity index (χ3n) is 7.48. The molecule has 6 aromatic rings. The highest BCUT2D eigenvalue weighted by Gasteiger charge is 2.20. The first-order chi connectivity index (χ1) is 21.1. The van der Waals surface area contributed by atoms with Crippen molar-refractivity contribution in [3.63, 3.8) is 0 Å². The minimum Gasteiger partial charge on any atom is -0.428 e. The Morgan fingerprint density at radius 3 is 2.34 bits per heavy atom. The summed E-state index contributed by atoms with van der Waals surface area (Å²) < 4.78 is 15.3. The molecule has 0 N–H and O–H groups in total. The number of nitrogens with zero attached hydrogens (tertiary/aromatic N) is 4. The molecule has 0 aliphatic rings. The van der Waals surface area contributed by atoms with Gasteiger partial charge in [-0.3, -0.25) is 0 Å². The molecule has 0 spiro atoms. The van der Waals surface area contributed by atoms with Gasteiger partial charge in [-0.05, 0) is 68.7 Å². The number of ether oxygens (including phenoxy) is 2. The summed E-state index contributed by atoms with van der Waals surface area (Å²) in [6.07, 6.45) is 1.07. The first kappa shape index (κ1) is 29.5. The monoisotopic (exact) mass is 606 g/mol. The van der Waals surface area contributed by atoms with E-state index in [0.717, 1.165) is 68.8 Å². The number of imidazole rings is 2. The Kier molecular flexibility index (Phi) is 7.91. The molecule has 0 fully saturated rings. The van der Waals surface area contributed by atoms with E-state index in [4.69, 9.17) is 31.0 Å². The molecule has 0 saturated heterocycles. The van der Waals surface area contributed by atoms with Crippen LogP contribution in [0.25, 0.3) is 44.6 Å². The van der Waals surface area contributed by atoms with Gasteiger partial charge in [0.05, 0.1) is 21.6 Å². The second-order valence-electron chi connectivity index (χ2n) is 11.9. The normalized spacial score (nSPS) is 11.8. The Hall–Kier alpha value is -4.62. The van der Waals surface area contributed by atoms with Gasteiger partial charge in [-0.2, -0.15) is 0 Å². The van der Waals surface area contributed by atoms with E-state index in [-0.39, 0.29) is 0 Å². The molecule has 0 bridgehead atoms. The van der Waals surface area contributed by atoms with Crippen LogP contribution in [-0.2, 0) is 24.8 Å². The topological polar surface area (TPSA) is 71.2 Å². The van der Waals surface area contributed by atoms with Gasteiger partial charge in [0.15, 0.2) is 0 Å². The second kappa shape index (κ2) is 11.8. The van der Waals surface area contributed by atoms with Crippen molar-refractivity contribution in [1.82, 2.24) is 19.1 Å². The molecule has 4 aromatic carbocycles. The number of benzene rings is 4. The van der Waals surface area contributed by atoms with Crippen LogP contribution in [-0.4, -0.2) is 30.9 Å². The lowest BCUT2D eigenvalue weighted by molar-refractivity contribution is 0.0207. The number of halogens is 1. The van der Waals surface area contributed by atoms with E-state index in [2.05, 4.69) is 40.3 Å². The lowest BCUT2D eigenvalue weighted by atomic mass is 10.0. The number of rotatable bonds is 7. The van der Waals surface area contributed by atoms with Crippen molar-refractivity contribution in [1.29, 1.82) is 0 Å². The molecule has 0 aliphatic heterocycles. The lowest BCUT2D eigenvalue weighted by Gasteiger charge is -2.19. The summed E-state index contributed by atoms with van der Waals surface area (Å²) in [5, 5.41) is 0.609. The van der Waals surface area contributed by atoms with Gasteiger partial charge in [-0.25, -0.2) is 14.8 Å². The Bertz CT molecular complexity index is 1980. The number of fused-ring (bicyclic) bond motifs is 2.